The van der Waals surface area contributed by atoms with Gasteiger partial charge in [-0.05, 0) is 49.6 Å². The molecule has 0 radical (unpaired) electrons. The number of carbonyl (C=O) groups excluding carboxylic acids is 2. The first-order chi connectivity index (χ1) is 12.1. The molecule has 26 heavy (non-hydrogen) atoms. The zero-order valence-corrected chi connectivity index (χ0v) is 16.4. The molecule has 0 aliphatic carbocycles. The van der Waals surface area contributed by atoms with E-state index in [2.05, 4.69) is 5.32 Å². The Hall–Kier alpha value is -1.89. The van der Waals surface area contributed by atoms with E-state index in [1.54, 1.807) is 0 Å². The molecule has 0 unspecified atom stereocenters. The van der Waals surface area contributed by atoms with Crippen LogP contribution in [-0.4, -0.2) is 35.8 Å². The first kappa shape index (κ1) is 20.4. The number of piperidine rings is 1. The summed E-state index contributed by atoms with van der Waals surface area (Å²) in [5.41, 5.74) is 7.29. The molecule has 2 amide bonds. The second-order valence-corrected chi connectivity index (χ2v) is 7.64. The van der Waals surface area contributed by atoms with E-state index in [0.29, 0.717) is 25.2 Å². The highest BCUT2D eigenvalue weighted by atomic mass is 35.5. The van der Waals surface area contributed by atoms with Crippen LogP contribution in [0.1, 0.15) is 43.3 Å². The van der Waals surface area contributed by atoms with Gasteiger partial charge in [-0.2, -0.15) is 0 Å². The van der Waals surface area contributed by atoms with Crippen LogP contribution < -0.4 is 11.1 Å². The van der Waals surface area contributed by atoms with Gasteiger partial charge in [-0.1, -0.05) is 12.1 Å². The van der Waals surface area contributed by atoms with Crippen molar-refractivity contribution in [2.45, 2.75) is 32.4 Å². The number of amides is 2. The average molecular weight is 394 g/mol. The van der Waals surface area contributed by atoms with Crippen LogP contribution in [0.15, 0.2) is 36.4 Å². The summed E-state index contributed by atoms with van der Waals surface area (Å²) in [6, 6.07) is 11.4. The predicted octanol–water partition coefficient (Wildman–Crippen LogP) is 2.97. The smallest absolute Gasteiger partial charge is 0.261 e. The van der Waals surface area contributed by atoms with Crippen LogP contribution in [0.25, 0.3) is 0 Å². The molecule has 1 fully saturated rings. The normalized spacial score (nSPS) is 14.6. The maximum Gasteiger partial charge on any atom is 0.261 e. The van der Waals surface area contributed by atoms with Gasteiger partial charge in [0, 0.05) is 36.1 Å². The van der Waals surface area contributed by atoms with E-state index < -0.39 is 0 Å². The minimum atomic E-state index is -0.0137. The van der Waals surface area contributed by atoms with Crippen LogP contribution in [0.4, 0.5) is 0 Å². The molecule has 0 saturated carbocycles. The van der Waals surface area contributed by atoms with Crippen LogP contribution >= 0.6 is 23.7 Å². The lowest BCUT2D eigenvalue weighted by Crippen LogP contribution is -2.46. The molecule has 0 atom stereocenters. The quantitative estimate of drug-likeness (QED) is 0.838. The second kappa shape index (κ2) is 9.16. The molecular formula is C19H24ClN3O2S. The lowest BCUT2D eigenvalue weighted by molar-refractivity contribution is 0.0698. The number of halogens is 1. The van der Waals surface area contributed by atoms with Gasteiger partial charge in [-0.15, -0.1) is 23.7 Å². The van der Waals surface area contributed by atoms with Crippen molar-refractivity contribution in [3.8, 4) is 0 Å². The average Bonchev–Trinajstić information content (AvgIpc) is 3.08. The molecule has 140 valence electrons. The lowest BCUT2D eigenvalue weighted by Gasteiger charge is -2.32. The van der Waals surface area contributed by atoms with Crippen molar-refractivity contribution in [1.29, 1.82) is 0 Å². The zero-order valence-electron chi connectivity index (χ0n) is 14.7. The third-order valence-electron chi connectivity index (χ3n) is 4.52. The van der Waals surface area contributed by atoms with Gasteiger partial charge in [0.2, 0.25) is 0 Å². The molecule has 1 aromatic heterocycles. The summed E-state index contributed by atoms with van der Waals surface area (Å²) in [6.07, 6.45) is 1.56. The largest absolute Gasteiger partial charge is 0.348 e. The molecule has 3 N–H and O–H groups in total. The fourth-order valence-corrected chi connectivity index (χ4v) is 3.78. The number of rotatable bonds is 4. The van der Waals surface area contributed by atoms with Crippen LogP contribution in [0.3, 0.4) is 0 Å². The van der Waals surface area contributed by atoms with E-state index >= 15 is 0 Å². The number of aryl methyl sites for hydroxylation is 1. The highest BCUT2D eigenvalue weighted by Crippen LogP contribution is 2.18. The summed E-state index contributed by atoms with van der Waals surface area (Å²) in [7, 11) is 0. The van der Waals surface area contributed by atoms with Gasteiger partial charge in [-0.25, -0.2) is 0 Å². The Kier molecular flexibility index (Phi) is 7.20. The number of thiophene rings is 1. The minimum absolute atomic E-state index is 0. The van der Waals surface area contributed by atoms with Gasteiger partial charge in [0.25, 0.3) is 11.8 Å². The summed E-state index contributed by atoms with van der Waals surface area (Å²) in [5, 5.41) is 3.08. The van der Waals surface area contributed by atoms with Crippen molar-refractivity contribution in [2.24, 2.45) is 5.73 Å². The van der Waals surface area contributed by atoms with Gasteiger partial charge < -0.3 is 16.0 Å². The van der Waals surface area contributed by atoms with Gasteiger partial charge in [0.15, 0.2) is 0 Å². The summed E-state index contributed by atoms with van der Waals surface area (Å²) in [6.45, 7) is 3.78. The maximum absolute atomic E-state index is 12.6. The SMILES string of the molecule is Cc1ccc(C(=O)NC2CCN(C(=O)c3ccc(CN)cc3)CC2)s1.Cl. The molecule has 1 aliphatic rings. The highest BCUT2D eigenvalue weighted by Gasteiger charge is 2.25. The lowest BCUT2D eigenvalue weighted by atomic mass is 10.0. The van der Waals surface area contributed by atoms with Gasteiger partial charge in [0.05, 0.1) is 4.88 Å². The van der Waals surface area contributed by atoms with Crippen LogP contribution in [0.2, 0.25) is 0 Å². The Morgan fingerprint density at radius 1 is 1.15 bits per heavy atom. The number of carbonyl (C=O) groups is 2. The molecule has 2 heterocycles. The van der Waals surface area contributed by atoms with E-state index in [4.69, 9.17) is 5.73 Å². The molecule has 1 saturated heterocycles. The van der Waals surface area contributed by atoms with Crippen LogP contribution in [-0.2, 0) is 6.54 Å². The van der Waals surface area contributed by atoms with E-state index in [1.165, 1.54) is 11.3 Å². The molecule has 1 aliphatic heterocycles. The standard InChI is InChI=1S/C19H23N3O2S.ClH/c1-13-2-7-17(25-13)18(23)21-16-8-10-22(11-9-16)19(24)15-5-3-14(12-20)4-6-15;/h2-7,16H,8-12,20H2,1H3,(H,21,23);1H. The number of nitrogens with two attached hydrogens (primary N) is 1. The molecule has 0 spiro atoms. The van der Waals surface area contributed by atoms with Crippen LogP contribution in [0, 0.1) is 6.92 Å². The Bertz CT molecular complexity index is 752. The molecule has 5 nitrogen and oxygen atoms in total. The first-order valence-electron chi connectivity index (χ1n) is 8.52. The summed E-state index contributed by atoms with van der Waals surface area (Å²) in [5.74, 6) is 0.0301. The first-order valence-corrected chi connectivity index (χ1v) is 9.34. The van der Waals surface area contributed by atoms with Crippen molar-refractivity contribution in [2.75, 3.05) is 13.1 Å². The molecule has 1 aromatic carbocycles. The Labute approximate surface area is 164 Å². The Morgan fingerprint density at radius 3 is 2.35 bits per heavy atom. The van der Waals surface area contributed by atoms with E-state index in [0.717, 1.165) is 28.2 Å². The fourth-order valence-electron chi connectivity index (χ4n) is 3.01. The topological polar surface area (TPSA) is 75.4 Å². The van der Waals surface area contributed by atoms with Gasteiger partial charge in [-0.3, -0.25) is 9.59 Å². The molecule has 0 bridgehead atoms. The Balaban J connectivity index is 0.00000243. The molecule has 3 rings (SSSR count). The van der Waals surface area contributed by atoms with Crippen molar-refractivity contribution >= 4 is 35.6 Å². The van der Waals surface area contributed by atoms with Crippen molar-refractivity contribution in [3.05, 3.63) is 57.3 Å². The molecular weight excluding hydrogens is 370 g/mol. The van der Waals surface area contributed by atoms with E-state index in [9.17, 15) is 9.59 Å². The van der Waals surface area contributed by atoms with E-state index in [-0.39, 0.29) is 30.3 Å². The van der Waals surface area contributed by atoms with Gasteiger partial charge in [0.1, 0.15) is 0 Å². The zero-order chi connectivity index (χ0) is 17.8. The van der Waals surface area contributed by atoms with Crippen molar-refractivity contribution < 1.29 is 9.59 Å². The third-order valence-corrected chi connectivity index (χ3v) is 5.52. The number of nitrogens with one attached hydrogen (secondary N) is 1. The molecule has 7 heteroatoms. The third kappa shape index (κ3) is 4.84. The molecule has 2 aromatic rings. The number of likely N-dealkylation sites (tertiary alicyclic amines) is 1. The van der Waals surface area contributed by atoms with Crippen LogP contribution in [0.5, 0.6) is 0 Å². The van der Waals surface area contributed by atoms with E-state index in [1.807, 2.05) is 48.2 Å². The Morgan fingerprint density at radius 2 is 1.81 bits per heavy atom. The number of hydrogen-bond donors (Lipinski definition) is 2. The summed E-state index contributed by atoms with van der Waals surface area (Å²) < 4.78 is 0. The minimum Gasteiger partial charge on any atom is -0.348 e. The van der Waals surface area contributed by atoms with Crippen molar-refractivity contribution in [1.82, 2.24) is 10.2 Å². The maximum atomic E-state index is 12.6. The number of benzene rings is 1. The summed E-state index contributed by atoms with van der Waals surface area (Å²) >= 11 is 1.50. The van der Waals surface area contributed by atoms with Crippen molar-refractivity contribution in [3.63, 3.8) is 0 Å². The highest BCUT2D eigenvalue weighted by molar-refractivity contribution is 7.13. The number of nitrogens with zero attached hydrogens (tertiary/aromatic N) is 1. The predicted molar refractivity (Wildman–Crippen MR) is 107 cm³/mol. The second-order valence-electron chi connectivity index (χ2n) is 6.35. The number of hydrogen-bond acceptors (Lipinski definition) is 4. The summed E-state index contributed by atoms with van der Waals surface area (Å²) in [4.78, 5) is 28.5. The van der Waals surface area contributed by atoms with Gasteiger partial charge >= 0.3 is 0 Å². The monoisotopic (exact) mass is 393 g/mol. The fraction of sp³-hybridized carbons (Fsp3) is 0.368.